The zero-order valence-electron chi connectivity index (χ0n) is 12.6. The third-order valence-electron chi connectivity index (χ3n) is 2.87. The Kier molecular flexibility index (Phi) is 7.42. The minimum Gasteiger partial charge on any atom is -0.459 e. The minimum atomic E-state index is -0.723. The van der Waals surface area contributed by atoms with Gasteiger partial charge in [0, 0.05) is 17.2 Å². The summed E-state index contributed by atoms with van der Waals surface area (Å²) in [7, 11) is 0. The maximum absolute atomic E-state index is 11.6. The fourth-order valence-electron chi connectivity index (χ4n) is 1.72. The SMILES string of the molecule is CCC(OC(=O)/C=C/C(=O)Oc1ccc(Cl)cc1Cl)C(C)C. The van der Waals surface area contributed by atoms with Crippen LogP contribution < -0.4 is 4.74 Å². The van der Waals surface area contributed by atoms with Crippen molar-refractivity contribution in [3.63, 3.8) is 0 Å². The van der Waals surface area contributed by atoms with Gasteiger partial charge in [0.25, 0.3) is 0 Å². The first-order valence-electron chi connectivity index (χ1n) is 6.89. The Morgan fingerprint density at radius 2 is 1.82 bits per heavy atom. The van der Waals surface area contributed by atoms with Crippen LogP contribution in [-0.2, 0) is 14.3 Å². The number of benzene rings is 1. The lowest BCUT2D eigenvalue weighted by Gasteiger charge is -2.18. The molecule has 1 rings (SSSR count). The maximum atomic E-state index is 11.6. The summed E-state index contributed by atoms with van der Waals surface area (Å²) in [5.74, 6) is -0.927. The molecule has 120 valence electrons. The van der Waals surface area contributed by atoms with E-state index in [1.54, 1.807) is 6.07 Å². The third kappa shape index (κ3) is 6.08. The van der Waals surface area contributed by atoms with Crippen molar-refractivity contribution >= 4 is 35.1 Å². The maximum Gasteiger partial charge on any atom is 0.336 e. The van der Waals surface area contributed by atoms with Gasteiger partial charge in [-0.2, -0.15) is 0 Å². The Morgan fingerprint density at radius 3 is 2.36 bits per heavy atom. The second-order valence-electron chi connectivity index (χ2n) is 4.96. The smallest absolute Gasteiger partial charge is 0.336 e. The number of esters is 2. The van der Waals surface area contributed by atoms with E-state index in [4.69, 9.17) is 32.7 Å². The van der Waals surface area contributed by atoms with Gasteiger partial charge in [-0.25, -0.2) is 9.59 Å². The first kappa shape index (κ1) is 18.5. The molecule has 0 saturated carbocycles. The van der Waals surface area contributed by atoms with Crippen molar-refractivity contribution in [3.05, 3.63) is 40.4 Å². The Hall–Kier alpha value is -1.52. The molecule has 1 unspecified atom stereocenters. The van der Waals surface area contributed by atoms with Gasteiger partial charge in [0.2, 0.25) is 0 Å². The fraction of sp³-hybridized carbons (Fsp3) is 0.375. The molecule has 22 heavy (non-hydrogen) atoms. The van der Waals surface area contributed by atoms with Gasteiger partial charge in [-0.1, -0.05) is 44.0 Å². The van der Waals surface area contributed by atoms with Gasteiger partial charge in [-0.3, -0.25) is 0 Å². The minimum absolute atomic E-state index is 0.169. The highest BCUT2D eigenvalue weighted by molar-refractivity contribution is 6.35. The average molecular weight is 345 g/mol. The van der Waals surface area contributed by atoms with E-state index < -0.39 is 11.9 Å². The molecule has 0 aliphatic rings. The molecule has 0 spiro atoms. The van der Waals surface area contributed by atoms with E-state index in [2.05, 4.69) is 0 Å². The van der Waals surface area contributed by atoms with Crippen LogP contribution in [0.15, 0.2) is 30.4 Å². The van der Waals surface area contributed by atoms with Crippen LogP contribution >= 0.6 is 23.2 Å². The summed E-state index contributed by atoms with van der Waals surface area (Å²) >= 11 is 11.6. The number of ether oxygens (including phenoxy) is 2. The Bertz CT molecular complexity index is 567. The van der Waals surface area contributed by atoms with Crippen LogP contribution in [0.5, 0.6) is 5.75 Å². The zero-order valence-corrected chi connectivity index (χ0v) is 14.1. The molecule has 0 N–H and O–H groups in total. The average Bonchev–Trinajstić information content (AvgIpc) is 2.45. The predicted octanol–water partition coefficient (Wildman–Crippen LogP) is 4.43. The highest BCUT2D eigenvalue weighted by Crippen LogP contribution is 2.27. The van der Waals surface area contributed by atoms with E-state index in [1.165, 1.54) is 12.1 Å². The molecule has 6 heteroatoms. The largest absolute Gasteiger partial charge is 0.459 e. The van der Waals surface area contributed by atoms with Crippen molar-refractivity contribution in [2.75, 3.05) is 0 Å². The van der Waals surface area contributed by atoms with E-state index in [0.717, 1.165) is 12.2 Å². The standard InChI is InChI=1S/C16H18Cl2O4/c1-4-13(10(2)3)21-15(19)7-8-16(20)22-14-6-5-11(17)9-12(14)18/h5-10,13H,4H2,1-3H3/b8-7+. The summed E-state index contributed by atoms with van der Waals surface area (Å²) in [4.78, 5) is 23.3. The van der Waals surface area contributed by atoms with Gasteiger partial charge in [0.15, 0.2) is 0 Å². The monoisotopic (exact) mass is 344 g/mol. The molecule has 1 aromatic carbocycles. The first-order valence-corrected chi connectivity index (χ1v) is 7.64. The molecule has 4 nitrogen and oxygen atoms in total. The topological polar surface area (TPSA) is 52.6 Å². The highest BCUT2D eigenvalue weighted by atomic mass is 35.5. The lowest BCUT2D eigenvalue weighted by molar-refractivity contribution is -0.145. The Balaban J connectivity index is 2.58. The second kappa shape index (κ2) is 8.81. The van der Waals surface area contributed by atoms with E-state index in [-0.39, 0.29) is 22.8 Å². The van der Waals surface area contributed by atoms with Crippen LogP contribution in [0.3, 0.4) is 0 Å². The predicted molar refractivity (Wildman–Crippen MR) is 86.2 cm³/mol. The van der Waals surface area contributed by atoms with Crippen molar-refractivity contribution in [1.29, 1.82) is 0 Å². The van der Waals surface area contributed by atoms with E-state index in [0.29, 0.717) is 11.4 Å². The molecular formula is C16H18Cl2O4. The Labute approximate surface area is 140 Å². The van der Waals surface area contributed by atoms with E-state index >= 15 is 0 Å². The van der Waals surface area contributed by atoms with Gasteiger partial charge in [0.05, 0.1) is 5.02 Å². The summed E-state index contributed by atoms with van der Waals surface area (Å²) in [5, 5.41) is 0.644. The molecule has 0 aliphatic heterocycles. The van der Waals surface area contributed by atoms with E-state index in [1.807, 2.05) is 20.8 Å². The summed E-state index contributed by atoms with van der Waals surface area (Å²) < 4.78 is 10.2. The van der Waals surface area contributed by atoms with E-state index in [9.17, 15) is 9.59 Å². The quantitative estimate of drug-likeness (QED) is 0.435. The van der Waals surface area contributed by atoms with Crippen LogP contribution in [-0.4, -0.2) is 18.0 Å². The van der Waals surface area contributed by atoms with Crippen LogP contribution in [0.1, 0.15) is 27.2 Å². The van der Waals surface area contributed by atoms with Gasteiger partial charge >= 0.3 is 11.9 Å². The molecule has 0 amide bonds. The fourth-order valence-corrected chi connectivity index (χ4v) is 2.16. The highest BCUT2D eigenvalue weighted by Gasteiger charge is 2.15. The number of halogens is 2. The van der Waals surface area contributed by atoms with Crippen molar-refractivity contribution < 1.29 is 19.1 Å². The van der Waals surface area contributed by atoms with Gasteiger partial charge in [-0.05, 0) is 30.5 Å². The molecule has 1 atom stereocenters. The first-order chi connectivity index (χ1) is 10.3. The number of rotatable bonds is 6. The molecule has 0 aromatic heterocycles. The molecule has 0 saturated heterocycles. The summed E-state index contributed by atoms with van der Waals surface area (Å²) in [6.45, 7) is 5.85. The zero-order chi connectivity index (χ0) is 16.7. The van der Waals surface area contributed by atoms with Crippen molar-refractivity contribution in [3.8, 4) is 5.75 Å². The normalized spacial score (nSPS) is 12.5. The van der Waals surface area contributed by atoms with Gasteiger partial charge in [0.1, 0.15) is 11.9 Å². The lowest BCUT2D eigenvalue weighted by atomic mass is 10.1. The molecule has 0 heterocycles. The number of hydrogen-bond donors (Lipinski definition) is 0. The van der Waals surface area contributed by atoms with Crippen LogP contribution in [0, 0.1) is 5.92 Å². The molecule has 0 bridgehead atoms. The second-order valence-corrected chi connectivity index (χ2v) is 5.80. The van der Waals surface area contributed by atoms with Gasteiger partial charge in [-0.15, -0.1) is 0 Å². The van der Waals surface area contributed by atoms with Crippen LogP contribution in [0.25, 0.3) is 0 Å². The number of carbonyl (C=O) groups excluding carboxylic acids is 2. The molecule has 1 aromatic rings. The summed E-state index contributed by atoms with van der Waals surface area (Å²) in [6.07, 6.45) is 2.57. The summed E-state index contributed by atoms with van der Waals surface area (Å²) in [6, 6.07) is 4.47. The van der Waals surface area contributed by atoms with Crippen molar-refractivity contribution in [1.82, 2.24) is 0 Å². The molecule has 0 radical (unpaired) electrons. The molecular weight excluding hydrogens is 327 g/mol. The molecule has 0 aliphatic carbocycles. The van der Waals surface area contributed by atoms with Crippen molar-refractivity contribution in [2.24, 2.45) is 5.92 Å². The van der Waals surface area contributed by atoms with Crippen LogP contribution in [0.2, 0.25) is 10.0 Å². The van der Waals surface area contributed by atoms with Crippen LogP contribution in [0.4, 0.5) is 0 Å². The lowest BCUT2D eigenvalue weighted by Crippen LogP contribution is -2.21. The number of hydrogen-bond acceptors (Lipinski definition) is 4. The van der Waals surface area contributed by atoms with Gasteiger partial charge < -0.3 is 9.47 Å². The third-order valence-corrected chi connectivity index (χ3v) is 3.40. The van der Waals surface area contributed by atoms with Crippen molar-refractivity contribution in [2.45, 2.75) is 33.3 Å². The summed E-state index contributed by atoms with van der Waals surface area (Å²) in [5.41, 5.74) is 0. The Morgan fingerprint density at radius 1 is 1.18 bits per heavy atom. The number of carbonyl (C=O) groups is 2. The molecule has 0 fully saturated rings.